The first-order valence-electron chi connectivity index (χ1n) is 8.66. The largest absolute Gasteiger partial charge is 0.454 e. The van der Waals surface area contributed by atoms with Gasteiger partial charge in [0.25, 0.3) is 11.5 Å². The van der Waals surface area contributed by atoms with Crippen LogP contribution in [0.25, 0.3) is 11.2 Å². The van der Waals surface area contributed by atoms with Crippen molar-refractivity contribution in [1.82, 2.24) is 24.0 Å². The van der Waals surface area contributed by atoms with Crippen molar-refractivity contribution in [3.8, 4) is 0 Å². The van der Waals surface area contributed by atoms with Crippen molar-refractivity contribution in [2.75, 3.05) is 6.61 Å². The van der Waals surface area contributed by atoms with E-state index in [2.05, 4.69) is 10.3 Å². The predicted molar refractivity (Wildman–Crippen MR) is 109 cm³/mol. The van der Waals surface area contributed by atoms with Crippen molar-refractivity contribution in [1.29, 1.82) is 0 Å². The van der Waals surface area contributed by atoms with Crippen LogP contribution in [0.15, 0.2) is 34.1 Å². The molecule has 1 amide bonds. The van der Waals surface area contributed by atoms with Gasteiger partial charge in [0.15, 0.2) is 17.8 Å². The van der Waals surface area contributed by atoms with Crippen LogP contribution in [0.5, 0.6) is 0 Å². The number of imidazole rings is 1. The number of halogens is 2. The van der Waals surface area contributed by atoms with Crippen LogP contribution in [0, 0.1) is 0 Å². The minimum Gasteiger partial charge on any atom is -0.454 e. The lowest BCUT2D eigenvalue weighted by atomic mass is 10.2. The molecule has 0 unspecified atom stereocenters. The molecule has 0 saturated carbocycles. The lowest BCUT2D eigenvalue weighted by Crippen LogP contribution is -2.37. The van der Waals surface area contributed by atoms with Gasteiger partial charge in [-0.3, -0.25) is 23.5 Å². The minimum atomic E-state index is -0.745. The van der Waals surface area contributed by atoms with Crippen molar-refractivity contribution in [3.05, 3.63) is 61.0 Å². The second-order valence-electron chi connectivity index (χ2n) is 6.42. The molecule has 30 heavy (non-hydrogen) atoms. The summed E-state index contributed by atoms with van der Waals surface area (Å²) < 4.78 is 8.35. The topological polar surface area (TPSA) is 117 Å². The maximum Gasteiger partial charge on any atom is 0.332 e. The maximum atomic E-state index is 12.4. The fourth-order valence-electron chi connectivity index (χ4n) is 2.76. The van der Waals surface area contributed by atoms with Crippen LogP contribution in [0.4, 0.5) is 0 Å². The van der Waals surface area contributed by atoms with E-state index in [4.69, 9.17) is 27.9 Å². The number of carbonyl (C=O) groups excluding carboxylic acids is 2. The molecule has 0 saturated heterocycles. The van der Waals surface area contributed by atoms with E-state index in [0.717, 1.165) is 4.57 Å². The Bertz CT molecular complexity index is 1260. The number of esters is 1. The van der Waals surface area contributed by atoms with Gasteiger partial charge in [0, 0.05) is 30.7 Å². The lowest BCUT2D eigenvalue weighted by Gasteiger charge is -2.09. The molecule has 0 radical (unpaired) electrons. The highest BCUT2D eigenvalue weighted by Crippen LogP contribution is 2.20. The highest BCUT2D eigenvalue weighted by molar-refractivity contribution is 6.35. The van der Waals surface area contributed by atoms with E-state index in [1.165, 1.54) is 29.6 Å². The average molecular weight is 454 g/mol. The summed E-state index contributed by atoms with van der Waals surface area (Å²) in [6.07, 6.45) is 1.26. The van der Waals surface area contributed by atoms with E-state index in [-0.39, 0.29) is 24.3 Å². The molecule has 1 N–H and O–H groups in total. The van der Waals surface area contributed by atoms with Gasteiger partial charge < -0.3 is 14.6 Å². The molecule has 0 bridgehead atoms. The predicted octanol–water partition coefficient (Wildman–Crippen LogP) is 0.600. The van der Waals surface area contributed by atoms with E-state index >= 15 is 0 Å². The van der Waals surface area contributed by atoms with Gasteiger partial charge in [-0.1, -0.05) is 29.3 Å². The van der Waals surface area contributed by atoms with Crippen LogP contribution in [-0.4, -0.2) is 37.2 Å². The fraction of sp³-hybridized carbons (Fsp3) is 0.278. The Kier molecular flexibility index (Phi) is 6.28. The molecule has 0 aliphatic carbocycles. The summed E-state index contributed by atoms with van der Waals surface area (Å²) in [4.78, 5) is 52.3. The monoisotopic (exact) mass is 453 g/mol. The van der Waals surface area contributed by atoms with Crippen LogP contribution in [0.1, 0.15) is 5.56 Å². The molecular weight excluding hydrogens is 437 g/mol. The zero-order chi connectivity index (χ0) is 22.0. The molecule has 158 valence electrons. The second-order valence-corrected chi connectivity index (χ2v) is 7.27. The summed E-state index contributed by atoms with van der Waals surface area (Å²) in [6.45, 7) is -0.712. The maximum absolute atomic E-state index is 12.4. The molecule has 3 rings (SSSR count). The minimum absolute atomic E-state index is 0.0818. The van der Waals surface area contributed by atoms with Gasteiger partial charge >= 0.3 is 11.7 Å². The quantitative estimate of drug-likeness (QED) is 0.546. The molecule has 0 spiro atoms. The number of aryl methyl sites for hydroxylation is 1. The molecule has 2 heterocycles. The number of hydrogen-bond acceptors (Lipinski definition) is 6. The molecule has 2 aromatic heterocycles. The number of amides is 1. The first-order chi connectivity index (χ1) is 14.2. The van der Waals surface area contributed by atoms with E-state index in [1.54, 1.807) is 18.2 Å². The first kappa shape index (κ1) is 21.6. The summed E-state index contributed by atoms with van der Waals surface area (Å²) in [6, 6.07) is 4.87. The number of carbonyl (C=O) groups is 2. The summed E-state index contributed by atoms with van der Waals surface area (Å²) in [5.41, 5.74) is -0.229. The summed E-state index contributed by atoms with van der Waals surface area (Å²) >= 11 is 11.9. The van der Waals surface area contributed by atoms with Gasteiger partial charge in [-0.05, 0) is 17.7 Å². The number of aromatic nitrogens is 4. The number of hydrogen-bond donors (Lipinski definition) is 1. The van der Waals surface area contributed by atoms with Gasteiger partial charge in [0.05, 0.1) is 6.33 Å². The standard InChI is InChI=1S/C18H17Cl2N5O5/c1-23-16-15(17(28)24(2)18(23)29)25(9-22-16)7-14(27)30-8-13(26)21-6-10-3-4-11(19)5-12(10)20/h3-5,9H,6-8H2,1-2H3,(H,21,26). The molecule has 0 aliphatic heterocycles. The van der Waals surface area contributed by atoms with Gasteiger partial charge in [-0.15, -0.1) is 0 Å². The number of nitrogens with zero attached hydrogens (tertiary/aromatic N) is 4. The van der Waals surface area contributed by atoms with Crippen molar-refractivity contribution in [3.63, 3.8) is 0 Å². The summed E-state index contributed by atoms with van der Waals surface area (Å²) in [5.74, 6) is -1.27. The Labute approximate surface area is 179 Å². The molecule has 10 nitrogen and oxygen atoms in total. The number of fused-ring (bicyclic) bond motifs is 1. The first-order valence-corrected chi connectivity index (χ1v) is 9.41. The number of benzene rings is 1. The summed E-state index contributed by atoms with van der Waals surface area (Å²) in [5, 5.41) is 3.46. The highest BCUT2D eigenvalue weighted by Gasteiger charge is 2.17. The zero-order valence-electron chi connectivity index (χ0n) is 16.0. The van der Waals surface area contributed by atoms with E-state index < -0.39 is 29.7 Å². The Morgan fingerprint density at radius 1 is 1.17 bits per heavy atom. The van der Waals surface area contributed by atoms with Crippen LogP contribution >= 0.6 is 23.2 Å². The third kappa shape index (κ3) is 4.39. The second kappa shape index (κ2) is 8.72. The van der Waals surface area contributed by atoms with Crippen LogP contribution in [0.2, 0.25) is 10.0 Å². The molecule has 0 fully saturated rings. The van der Waals surface area contributed by atoms with Crippen molar-refractivity contribution in [2.24, 2.45) is 14.1 Å². The van der Waals surface area contributed by atoms with Gasteiger partial charge in [-0.2, -0.15) is 0 Å². The van der Waals surface area contributed by atoms with Crippen molar-refractivity contribution >= 4 is 46.2 Å². The van der Waals surface area contributed by atoms with Gasteiger partial charge in [-0.25, -0.2) is 9.78 Å². The fourth-order valence-corrected chi connectivity index (χ4v) is 3.23. The van der Waals surface area contributed by atoms with E-state index in [9.17, 15) is 19.2 Å². The number of rotatable bonds is 6. The van der Waals surface area contributed by atoms with Crippen LogP contribution in [-0.2, 0) is 41.5 Å². The van der Waals surface area contributed by atoms with Crippen LogP contribution in [0.3, 0.4) is 0 Å². The molecule has 0 atom stereocenters. The molecule has 0 aliphatic rings. The van der Waals surface area contributed by atoms with Gasteiger partial charge in [0.1, 0.15) is 6.54 Å². The van der Waals surface area contributed by atoms with E-state index in [1.807, 2.05) is 0 Å². The molecule has 12 heteroatoms. The van der Waals surface area contributed by atoms with Crippen molar-refractivity contribution in [2.45, 2.75) is 13.1 Å². The SMILES string of the molecule is Cn1c(=O)c2c(ncn2CC(=O)OCC(=O)NCc2ccc(Cl)cc2Cl)n(C)c1=O. The Balaban J connectivity index is 1.60. The third-order valence-corrected chi connectivity index (χ3v) is 4.96. The normalized spacial score (nSPS) is 10.9. The Morgan fingerprint density at radius 3 is 2.60 bits per heavy atom. The Hall–Kier alpha value is -3.11. The lowest BCUT2D eigenvalue weighted by molar-refractivity contribution is -0.149. The summed E-state index contributed by atoms with van der Waals surface area (Å²) in [7, 11) is 2.80. The van der Waals surface area contributed by atoms with E-state index in [0.29, 0.717) is 15.6 Å². The number of ether oxygens (including phenoxy) is 1. The van der Waals surface area contributed by atoms with Crippen molar-refractivity contribution < 1.29 is 14.3 Å². The van der Waals surface area contributed by atoms with Crippen LogP contribution < -0.4 is 16.6 Å². The number of nitrogens with one attached hydrogen (secondary N) is 1. The molecular formula is C18H17Cl2N5O5. The smallest absolute Gasteiger partial charge is 0.332 e. The Morgan fingerprint density at radius 2 is 1.90 bits per heavy atom. The average Bonchev–Trinajstić information content (AvgIpc) is 3.12. The third-order valence-electron chi connectivity index (χ3n) is 4.37. The molecule has 3 aromatic rings. The highest BCUT2D eigenvalue weighted by atomic mass is 35.5. The van der Waals surface area contributed by atoms with Gasteiger partial charge in [0.2, 0.25) is 0 Å². The zero-order valence-corrected chi connectivity index (χ0v) is 17.5. The molecule has 1 aromatic carbocycles.